The largest absolute Gasteiger partial charge is 0.486 e. The molecule has 7 rings (SSSR count). The SMILES string of the molecule is Cc1c[c-]c(-c2cc(C)c(C)cn2)cc1.[2H]C([2H])([2H])c1ccc2c(n1)oc1c(-c3ccc4sccc4n3)[c-]ccc12.[Ir]. The molecule has 0 aliphatic heterocycles. The van der Waals surface area contributed by atoms with Crippen LogP contribution in [0.25, 0.3) is 54.8 Å². The first kappa shape index (κ1) is 23.2. The van der Waals surface area contributed by atoms with Crippen LogP contribution in [0.3, 0.4) is 0 Å². The molecule has 5 heterocycles. The third-order valence-corrected chi connectivity index (χ3v) is 7.35. The van der Waals surface area contributed by atoms with E-state index in [1.165, 1.54) is 22.8 Å². The Hall–Kier alpha value is -3.70. The van der Waals surface area contributed by atoms with Gasteiger partial charge in [-0.15, -0.1) is 64.9 Å². The molecule has 0 N–H and O–H groups in total. The van der Waals surface area contributed by atoms with Crippen molar-refractivity contribution in [1.82, 2.24) is 15.0 Å². The van der Waals surface area contributed by atoms with E-state index in [0.29, 0.717) is 11.3 Å². The Bertz CT molecular complexity index is 2030. The van der Waals surface area contributed by atoms with Crippen molar-refractivity contribution in [3.63, 3.8) is 0 Å². The zero-order chi connectivity index (χ0) is 28.7. The Balaban J connectivity index is 0.000000189. The summed E-state index contributed by atoms with van der Waals surface area (Å²) in [6.45, 7) is 3.97. The van der Waals surface area contributed by atoms with E-state index < -0.39 is 6.85 Å². The number of aryl methyl sites for hydroxylation is 4. The molecule has 0 spiro atoms. The topological polar surface area (TPSA) is 51.8 Å². The number of hydrogen-bond donors (Lipinski definition) is 0. The maximum atomic E-state index is 7.53. The van der Waals surface area contributed by atoms with Crippen molar-refractivity contribution in [2.45, 2.75) is 27.6 Å². The van der Waals surface area contributed by atoms with Crippen LogP contribution in [0.4, 0.5) is 0 Å². The minimum absolute atomic E-state index is 0. The Morgan fingerprint density at radius 2 is 1.77 bits per heavy atom. The molecule has 0 unspecified atom stereocenters. The maximum absolute atomic E-state index is 7.53. The van der Waals surface area contributed by atoms with Crippen LogP contribution in [0.1, 0.15) is 26.5 Å². The van der Waals surface area contributed by atoms with Crippen LogP contribution >= 0.6 is 11.3 Å². The summed E-state index contributed by atoms with van der Waals surface area (Å²) in [5.74, 6) is 0. The van der Waals surface area contributed by atoms with Gasteiger partial charge in [-0.1, -0.05) is 35.6 Å². The number of thiophene rings is 1. The summed E-state index contributed by atoms with van der Waals surface area (Å²) in [5.41, 5.74) is 9.15. The molecule has 0 aliphatic carbocycles. The fourth-order valence-corrected chi connectivity index (χ4v) is 4.96. The monoisotopic (exact) mass is 707 g/mol. The van der Waals surface area contributed by atoms with Crippen molar-refractivity contribution in [1.29, 1.82) is 0 Å². The first-order valence-corrected chi connectivity index (χ1v) is 13.1. The molecule has 7 aromatic rings. The van der Waals surface area contributed by atoms with E-state index in [1.54, 1.807) is 17.4 Å². The summed E-state index contributed by atoms with van der Waals surface area (Å²) >= 11 is 1.64. The fourth-order valence-electron chi connectivity index (χ4n) is 4.24. The molecule has 0 atom stereocenters. The van der Waals surface area contributed by atoms with Crippen LogP contribution in [0.2, 0.25) is 0 Å². The summed E-state index contributed by atoms with van der Waals surface area (Å²) in [7, 11) is 0. The number of benzene rings is 2. The second-order valence-electron chi connectivity index (χ2n) is 9.18. The molecule has 0 amide bonds. The number of furan rings is 1. The van der Waals surface area contributed by atoms with Gasteiger partial charge in [-0.05, 0) is 67.3 Å². The van der Waals surface area contributed by atoms with Crippen LogP contribution in [0, 0.1) is 39.8 Å². The number of nitrogens with zero attached hydrogens (tertiary/aromatic N) is 3. The van der Waals surface area contributed by atoms with Gasteiger partial charge in [-0.25, -0.2) is 4.98 Å². The quantitative estimate of drug-likeness (QED) is 0.169. The zero-order valence-corrected chi connectivity index (χ0v) is 24.7. The van der Waals surface area contributed by atoms with Crippen molar-refractivity contribution < 1.29 is 28.6 Å². The average Bonchev–Trinajstić information content (AvgIpc) is 3.58. The van der Waals surface area contributed by atoms with E-state index in [4.69, 9.17) is 13.5 Å². The molecular weight excluding hydrogens is 679 g/mol. The van der Waals surface area contributed by atoms with Gasteiger partial charge in [-0.2, -0.15) is 0 Å². The van der Waals surface area contributed by atoms with E-state index in [0.717, 1.165) is 43.5 Å². The van der Waals surface area contributed by atoms with Crippen LogP contribution < -0.4 is 0 Å². The minimum Gasteiger partial charge on any atom is -0.486 e. The van der Waals surface area contributed by atoms with Crippen molar-refractivity contribution >= 4 is 43.6 Å². The molecule has 6 heteroatoms. The third kappa shape index (κ3) is 5.41. The predicted molar refractivity (Wildman–Crippen MR) is 156 cm³/mol. The molecule has 0 fully saturated rings. The van der Waals surface area contributed by atoms with Gasteiger partial charge in [0.2, 0.25) is 5.71 Å². The molecule has 1 radical (unpaired) electrons. The van der Waals surface area contributed by atoms with Crippen molar-refractivity contribution in [3.8, 4) is 22.5 Å². The first-order valence-electron chi connectivity index (χ1n) is 13.7. The number of fused-ring (bicyclic) bond motifs is 4. The Morgan fingerprint density at radius 3 is 2.56 bits per heavy atom. The Labute approximate surface area is 249 Å². The molecule has 195 valence electrons. The van der Waals surface area contributed by atoms with Gasteiger partial charge < -0.3 is 9.40 Å². The number of pyridine rings is 3. The molecule has 5 aromatic heterocycles. The van der Waals surface area contributed by atoms with E-state index >= 15 is 0 Å². The smallest absolute Gasteiger partial charge is 0.216 e. The van der Waals surface area contributed by atoms with E-state index in [-0.39, 0.29) is 25.8 Å². The predicted octanol–water partition coefficient (Wildman–Crippen LogP) is 8.84. The molecule has 4 nitrogen and oxygen atoms in total. The summed E-state index contributed by atoms with van der Waals surface area (Å²) < 4.78 is 29.7. The maximum Gasteiger partial charge on any atom is 0.216 e. The van der Waals surface area contributed by atoms with E-state index in [2.05, 4.69) is 61.1 Å². The summed E-state index contributed by atoms with van der Waals surface area (Å²) in [4.78, 5) is 13.3. The molecule has 0 bridgehead atoms. The Morgan fingerprint density at radius 1 is 0.872 bits per heavy atom. The zero-order valence-electron chi connectivity index (χ0n) is 24.5. The van der Waals surface area contributed by atoms with Crippen LogP contribution in [-0.4, -0.2) is 15.0 Å². The van der Waals surface area contributed by atoms with Gasteiger partial charge >= 0.3 is 0 Å². The summed E-state index contributed by atoms with van der Waals surface area (Å²) in [6.07, 6.45) is 1.92. The van der Waals surface area contributed by atoms with Crippen molar-refractivity contribution in [2.75, 3.05) is 0 Å². The van der Waals surface area contributed by atoms with Gasteiger partial charge in [0.15, 0.2) is 0 Å². The van der Waals surface area contributed by atoms with Gasteiger partial charge in [0.05, 0.1) is 15.8 Å². The first-order chi connectivity index (χ1) is 19.7. The van der Waals surface area contributed by atoms with Gasteiger partial charge in [0, 0.05) is 41.5 Å². The van der Waals surface area contributed by atoms with Crippen LogP contribution in [-0.2, 0) is 20.1 Å². The number of aromatic nitrogens is 3. The van der Waals surface area contributed by atoms with Crippen LogP contribution in [0.5, 0.6) is 0 Å². The minimum atomic E-state index is -2.27. The third-order valence-electron chi connectivity index (χ3n) is 6.48. The number of rotatable bonds is 2. The van der Waals surface area contributed by atoms with Gasteiger partial charge in [0.25, 0.3) is 0 Å². The normalized spacial score (nSPS) is 12.3. The van der Waals surface area contributed by atoms with Crippen molar-refractivity contribution in [3.05, 3.63) is 113 Å². The van der Waals surface area contributed by atoms with E-state index in [1.807, 2.05) is 48.0 Å². The molecule has 0 saturated carbocycles. The van der Waals surface area contributed by atoms with E-state index in [9.17, 15) is 0 Å². The van der Waals surface area contributed by atoms with Crippen molar-refractivity contribution in [2.24, 2.45) is 0 Å². The van der Waals surface area contributed by atoms with Gasteiger partial charge in [0.1, 0.15) is 0 Å². The molecule has 2 aromatic carbocycles. The second kappa shape index (κ2) is 11.2. The van der Waals surface area contributed by atoms with Gasteiger partial charge in [-0.3, -0.25) is 4.98 Å². The molecule has 39 heavy (non-hydrogen) atoms. The number of hydrogen-bond acceptors (Lipinski definition) is 5. The molecule has 0 aliphatic rings. The summed E-state index contributed by atoms with van der Waals surface area (Å²) in [5, 5.41) is 3.65. The second-order valence-corrected chi connectivity index (χ2v) is 10.1. The summed E-state index contributed by atoms with van der Waals surface area (Å²) in [6, 6.07) is 27.6. The molecular formula is C33H25IrN3OS-2. The van der Waals surface area contributed by atoms with Crippen LogP contribution in [0.15, 0.2) is 82.7 Å². The average molecular weight is 707 g/mol. The fraction of sp³-hybridized carbons (Fsp3) is 0.121. The molecule has 0 saturated heterocycles. The Kier molecular flexibility index (Phi) is 6.66. The standard InChI is InChI=1S/C19H11N2OS.C14H14N.Ir/c1-11-5-6-13-12-3-2-4-14(18(12)22-19(13)20-11)15-7-8-17-16(21-15)9-10-23-17;1-10-4-6-13(7-5-10)14-8-11(2)12(3)9-15-14;/h2-3,5-10H,1H3;4-6,8-9H,1-3H3;/q2*-1;/i1D3;;.